The molecule has 2 aromatic carbocycles. The molecule has 0 aliphatic heterocycles. The Morgan fingerprint density at radius 1 is 1.00 bits per heavy atom. The number of benzene rings is 2. The van der Waals surface area contributed by atoms with Crippen LogP contribution in [0.5, 0.6) is 0 Å². The number of rotatable bonds is 5. The monoisotopic (exact) mass is 277 g/mol. The molecular weight excluding hydrogens is 262 g/mol. The molecule has 0 saturated heterocycles. The van der Waals surface area contributed by atoms with Crippen molar-refractivity contribution in [1.29, 1.82) is 0 Å². The van der Waals surface area contributed by atoms with Crippen molar-refractivity contribution < 1.29 is 0 Å². The van der Waals surface area contributed by atoms with Crippen molar-refractivity contribution in [2.45, 2.75) is 17.4 Å². The van der Waals surface area contributed by atoms with E-state index in [2.05, 4.69) is 12.1 Å². The van der Waals surface area contributed by atoms with E-state index in [1.807, 2.05) is 42.5 Å². The van der Waals surface area contributed by atoms with Crippen LogP contribution in [0.25, 0.3) is 0 Å². The molecule has 0 bridgehead atoms. The highest BCUT2D eigenvalue weighted by Crippen LogP contribution is 2.27. The van der Waals surface area contributed by atoms with Gasteiger partial charge in [0.05, 0.1) is 5.02 Å². The van der Waals surface area contributed by atoms with E-state index in [4.69, 9.17) is 17.3 Å². The van der Waals surface area contributed by atoms with Crippen LogP contribution in [-0.2, 0) is 6.42 Å². The van der Waals surface area contributed by atoms with Crippen molar-refractivity contribution in [3.63, 3.8) is 0 Å². The summed E-state index contributed by atoms with van der Waals surface area (Å²) >= 11 is 7.82. The van der Waals surface area contributed by atoms with Crippen LogP contribution in [0.3, 0.4) is 0 Å². The molecule has 2 aromatic rings. The van der Waals surface area contributed by atoms with E-state index in [0.29, 0.717) is 0 Å². The van der Waals surface area contributed by atoms with E-state index in [1.165, 1.54) is 5.56 Å². The smallest absolute Gasteiger partial charge is 0.0541 e. The van der Waals surface area contributed by atoms with Gasteiger partial charge >= 0.3 is 0 Å². The van der Waals surface area contributed by atoms with Crippen molar-refractivity contribution in [2.75, 3.05) is 5.75 Å². The van der Waals surface area contributed by atoms with E-state index < -0.39 is 0 Å². The van der Waals surface area contributed by atoms with Gasteiger partial charge in [-0.15, -0.1) is 11.8 Å². The van der Waals surface area contributed by atoms with Gasteiger partial charge in [-0.3, -0.25) is 0 Å². The summed E-state index contributed by atoms with van der Waals surface area (Å²) in [6, 6.07) is 18.4. The van der Waals surface area contributed by atoms with Crippen LogP contribution in [0.2, 0.25) is 5.02 Å². The van der Waals surface area contributed by atoms with Gasteiger partial charge in [0.2, 0.25) is 0 Å². The fraction of sp³-hybridized carbons (Fsp3) is 0.200. The first-order valence-corrected chi connectivity index (χ1v) is 7.29. The van der Waals surface area contributed by atoms with Gasteiger partial charge in [0.25, 0.3) is 0 Å². The van der Waals surface area contributed by atoms with Gasteiger partial charge < -0.3 is 5.73 Å². The molecule has 0 aliphatic rings. The lowest BCUT2D eigenvalue weighted by Gasteiger charge is -2.11. The largest absolute Gasteiger partial charge is 0.327 e. The summed E-state index contributed by atoms with van der Waals surface area (Å²) in [7, 11) is 0. The topological polar surface area (TPSA) is 26.0 Å². The zero-order valence-corrected chi connectivity index (χ0v) is 11.6. The normalized spacial score (nSPS) is 12.3. The quantitative estimate of drug-likeness (QED) is 0.836. The molecule has 1 atom stereocenters. The molecule has 0 aromatic heterocycles. The first kappa shape index (κ1) is 13.5. The molecule has 1 unspecified atom stereocenters. The van der Waals surface area contributed by atoms with Gasteiger partial charge in [-0.1, -0.05) is 54.1 Å². The maximum Gasteiger partial charge on any atom is 0.0541 e. The van der Waals surface area contributed by atoms with E-state index in [9.17, 15) is 0 Å². The second-order valence-corrected chi connectivity index (χ2v) is 5.66. The van der Waals surface area contributed by atoms with E-state index in [-0.39, 0.29) is 6.04 Å². The predicted octanol–water partition coefficient (Wildman–Crippen LogP) is 4.00. The molecule has 1 nitrogen and oxygen atoms in total. The first-order chi connectivity index (χ1) is 8.75. The maximum atomic E-state index is 6.14. The Bertz CT molecular complexity index is 487. The highest BCUT2D eigenvalue weighted by atomic mass is 35.5. The molecule has 18 heavy (non-hydrogen) atoms. The van der Waals surface area contributed by atoms with Crippen LogP contribution in [0, 0.1) is 0 Å². The number of nitrogens with two attached hydrogens (primary N) is 1. The summed E-state index contributed by atoms with van der Waals surface area (Å²) in [4.78, 5) is 1.10. The molecule has 0 heterocycles. The van der Waals surface area contributed by atoms with Crippen LogP contribution in [0.4, 0.5) is 0 Å². The highest BCUT2D eigenvalue weighted by molar-refractivity contribution is 7.99. The molecule has 3 heteroatoms. The van der Waals surface area contributed by atoms with Crippen LogP contribution in [0.1, 0.15) is 5.56 Å². The van der Waals surface area contributed by atoms with E-state index >= 15 is 0 Å². The third-order valence-corrected chi connectivity index (χ3v) is 4.33. The average molecular weight is 278 g/mol. The standard InChI is InChI=1S/C15H16ClNS/c16-14-8-4-5-9-15(14)18-11-13(17)10-12-6-2-1-3-7-12/h1-9,13H,10-11,17H2. The van der Waals surface area contributed by atoms with E-state index in [1.54, 1.807) is 11.8 Å². The highest BCUT2D eigenvalue weighted by Gasteiger charge is 2.06. The van der Waals surface area contributed by atoms with Crippen LogP contribution < -0.4 is 5.73 Å². The second-order valence-electron chi connectivity index (χ2n) is 4.19. The lowest BCUT2D eigenvalue weighted by atomic mass is 10.1. The Labute approximate surface area is 117 Å². The van der Waals surface area contributed by atoms with Crippen LogP contribution in [-0.4, -0.2) is 11.8 Å². The van der Waals surface area contributed by atoms with Gasteiger partial charge in [0.15, 0.2) is 0 Å². The third kappa shape index (κ3) is 4.05. The Morgan fingerprint density at radius 3 is 2.39 bits per heavy atom. The van der Waals surface area contributed by atoms with Crippen molar-refractivity contribution >= 4 is 23.4 Å². The Balaban J connectivity index is 1.86. The fourth-order valence-corrected chi connectivity index (χ4v) is 2.93. The van der Waals surface area contributed by atoms with E-state index in [0.717, 1.165) is 22.1 Å². The van der Waals surface area contributed by atoms with Crippen molar-refractivity contribution in [3.05, 3.63) is 65.2 Å². The van der Waals surface area contributed by atoms with Crippen molar-refractivity contribution in [1.82, 2.24) is 0 Å². The predicted molar refractivity (Wildman–Crippen MR) is 80.3 cm³/mol. The number of halogens is 1. The van der Waals surface area contributed by atoms with Crippen LogP contribution >= 0.6 is 23.4 Å². The van der Waals surface area contributed by atoms with Gasteiger partial charge in [0, 0.05) is 16.7 Å². The molecular formula is C15H16ClNS. The fourth-order valence-electron chi connectivity index (χ4n) is 1.73. The third-order valence-electron chi connectivity index (χ3n) is 2.63. The van der Waals surface area contributed by atoms with Gasteiger partial charge in [-0.25, -0.2) is 0 Å². The summed E-state index contributed by atoms with van der Waals surface area (Å²) < 4.78 is 0. The molecule has 0 fully saturated rings. The van der Waals surface area contributed by atoms with Gasteiger partial charge in [0.1, 0.15) is 0 Å². The summed E-state index contributed by atoms with van der Waals surface area (Å²) in [5, 5.41) is 0.800. The van der Waals surface area contributed by atoms with Gasteiger partial charge in [-0.05, 0) is 24.1 Å². The summed E-state index contributed by atoms with van der Waals surface area (Å²) in [6.45, 7) is 0. The van der Waals surface area contributed by atoms with Crippen molar-refractivity contribution in [2.24, 2.45) is 5.73 Å². The minimum absolute atomic E-state index is 0.147. The SMILES string of the molecule is NC(CSc1ccccc1Cl)Cc1ccccc1. The zero-order valence-electron chi connectivity index (χ0n) is 10.1. The zero-order chi connectivity index (χ0) is 12.8. The lowest BCUT2D eigenvalue weighted by molar-refractivity contribution is 0.749. The molecule has 0 aliphatic carbocycles. The summed E-state index contributed by atoms with van der Waals surface area (Å²) in [5.74, 6) is 0.874. The molecule has 2 rings (SSSR count). The number of hydrogen-bond acceptors (Lipinski definition) is 2. The minimum Gasteiger partial charge on any atom is -0.327 e. The lowest BCUT2D eigenvalue weighted by Crippen LogP contribution is -2.25. The Kier molecular flexibility index (Phi) is 5.12. The first-order valence-electron chi connectivity index (χ1n) is 5.92. The minimum atomic E-state index is 0.147. The number of thioether (sulfide) groups is 1. The summed E-state index contributed by atoms with van der Waals surface area (Å²) in [6.07, 6.45) is 0.901. The Morgan fingerprint density at radius 2 is 1.67 bits per heavy atom. The second kappa shape index (κ2) is 6.83. The van der Waals surface area contributed by atoms with Gasteiger partial charge in [-0.2, -0.15) is 0 Å². The molecule has 2 N–H and O–H groups in total. The van der Waals surface area contributed by atoms with Crippen molar-refractivity contribution in [3.8, 4) is 0 Å². The Hall–Kier alpha value is -0.960. The maximum absolute atomic E-state index is 6.14. The average Bonchev–Trinajstić information content (AvgIpc) is 2.39. The molecule has 0 saturated carbocycles. The van der Waals surface area contributed by atoms with Crippen LogP contribution in [0.15, 0.2) is 59.5 Å². The molecule has 0 amide bonds. The molecule has 0 spiro atoms. The number of hydrogen-bond donors (Lipinski definition) is 1. The summed E-state index contributed by atoms with van der Waals surface area (Å²) in [5.41, 5.74) is 7.42. The molecule has 0 radical (unpaired) electrons. The molecule has 94 valence electrons.